The Morgan fingerprint density at radius 3 is 2.53 bits per heavy atom. The number of hydrazine groups is 1. The van der Waals surface area contributed by atoms with Crippen molar-refractivity contribution in [2.75, 3.05) is 31.8 Å². The SMILES string of the molecule is CC(C)n1cc(NNS(=O)(=O)CCN(C)C)cn1.Cl. The lowest BCUT2D eigenvalue weighted by molar-refractivity contribution is 0.431. The Hall–Kier alpha value is -0.830. The summed E-state index contributed by atoms with van der Waals surface area (Å²) >= 11 is 0. The van der Waals surface area contributed by atoms with Gasteiger partial charge in [-0.3, -0.25) is 4.68 Å². The zero-order valence-electron chi connectivity index (χ0n) is 11.6. The van der Waals surface area contributed by atoms with Crippen LogP contribution in [-0.2, 0) is 10.0 Å². The summed E-state index contributed by atoms with van der Waals surface area (Å²) in [6, 6.07) is 0.242. The minimum Gasteiger partial charge on any atom is -0.308 e. The molecule has 2 N–H and O–H groups in total. The van der Waals surface area contributed by atoms with Crippen LogP contribution < -0.4 is 10.3 Å². The summed E-state index contributed by atoms with van der Waals surface area (Å²) in [6.07, 6.45) is 3.33. The summed E-state index contributed by atoms with van der Waals surface area (Å²) in [4.78, 5) is 4.14. The predicted octanol–water partition coefficient (Wildman–Crippen LogP) is 0.694. The van der Waals surface area contributed by atoms with Gasteiger partial charge in [-0.1, -0.05) is 0 Å². The lowest BCUT2D eigenvalue weighted by Crippen LogP contribution is -2.35. The number of aromatic nitrogens is 2. The Labute approximate surface area is 120 Å². The molecule has 0 amide bonds. The van der Waals surface area contributed by atoms with Crippen LogP contribution in [0.15, 0.2) is 12.4 Å². The molecule has 1 aromatic rings. The quantitative estimate of drug-likeness (QED) is 0.725. The third kappa shape index (κ3) is 6.76. The van der Waals surface area contributed by atoms with E-state index in [1.807, 2.05) is 32.8 Å². The molecule has 0 radical (unpaired) electrons. The van der Waals surface area contributed by atoms with E-state index in [4.69, 9.17) is 0 Å². The molecule has 0 saturated heterocycles. The molecular formula is C10H22ClN5O2S. The van der Waals surface area contributed by atoms with Gasteiger partial charge in [-0.15, -0.1) is 17.2 Å². The smallest absolute Gasteiger partial charge is 0.229 e. The molecule has 0 bridgehead atoms. The van der Waals surface area contributed by atoms with E-state index in [1.165, 1.54) is 0 Å². The third-order valence-corrected chi connectivity index (χ3v) is 3.42. The molecule has 0 aliphatic heterocycles. The number of hydrogen-bond acceptors (Lipinski definition) is 5. The average molecular weight is 312 g/mol. The lowest BCUT2D eigenvalue weighted by atomic mass is 10.4. The van der Waals surface area contributed by atoms with Crippen molar-refractivity contribution < 1.29 is 8.42 Å². The highest BCUT2D eigenvalue weighted by molar-refractivity contribution is 7.89. The van der Waals surface area contributed by atoms with Crippen LogP contribution in [0.2, 0.25) is 0 Å². The normalized spacial score (nSPS) is 11.7. The van der Waals surface area contributed by atoms with Gasteiger partial charge in [0.1, 0.15) is 0 Å². The van der Waals surface area contributed by atoms with Crippen molar-refractivity contribution in [3.05, 3.63) is 12.4 Å². The van der Waals surface area contributed by atoms with Crippen LogP contribution in [0, 0.1) is 0 Å². The van der Waals surface area contributed by atoms with Crippen molar-refractivity contribution in [1.29, 1.82) is 0 Å². The zero-order valence-corrected chi connectivity index (χ0v) is 13.3. The van der Waals surface area contributed by atoms with Crippen molar-refractivity contribution in [2.45, 2.75) is 19.9 Å². The monoisotopic (exact) mass is 311 g/mol. The standard InChI is InChI=1S/C10H21N5O2S.ClH/c1-9(2)15-8-10(7-11-15)12-13-18(16,17)6-5-14(3)4;/h7-9,12-13H,5-6H2,1-4H3;1H. The molecule has 0 saturated carbocycles. The molecule has 0 spiro atoms. The maximum atomic E-state index is 11.6. The second-order valence-corrected chi connectivity index (χ2v) is 6.49. The molecular weight excluding hydrogens is 290 g/mol. The largest absolute Gasteiger partial charge is 0.308 e. The van der Waals surface area contributed by atoms with E-state index in [0.717, 1.165) is 0 Å². The van der Waals surface area contributed by atoms with E-state index in [1.54, 1.807) is 17.1 Å². The second-order valence-electron chi connectivity index (χ2n) is 4.65. The molecule has 0 atom stereocenters. The van der Waals surface area contributed by atoms with Gasteiger partial charge in [0.15, 0.2) is 0 Å². The summed E-state index contributed by atoms with van der Waals surface area (Å²) in [7, 11) is 0.332. The van der Waals surface area contributed by atoms with E-state index in [9.17, 15) is 8.42 Å². The number of sulfonamides is 1. The fourth-order valence-electron chi connectivity index (χ4n) is 1.18. The first-order valence-electron chi connectivity index (χ1n) is 5.74. The fourth-order valence-corrected chi connectivity index (χ4v) is 2.16. The van der Waals surface area contributed by atoms with Gasteiger partial charge in [0.05, 0.1) is 17.6 Å². The number of halogens is 1. The number of rotatable bonds is 7. The lowest BCUT2D eigenvalue weighted by Gasteiger charge is -2.11. The first-order chi connectivity index (χ1) is 8.30. The Bertz CT molecular complexity index is 472. The van der Waals surface area contributed by atoms with E-state index < -0.39 is 10.0 Å². The number of anilines is 1. The summed E-state index contributed by atoms with van der Waals surface area (Å²) < 4.78 is 25.0. The maximum Gasteiger partial charge on any atom is 0.229 e. The van der Waals surface area contributed by atoms with E-state index in [-0.39, 0.29) is 24.2 Å². The van der Waals surface area contributed by atoms with Gasteiger partial charge in [-0.2, -0.15) is 5.10 Å². The summed E-state index contributed by atoms with van der Waals surface area (Å²) in [5, 5.41) is 4.10. The number of hydrogen-bond donors (Lipinski definition) is 2. The molecule has 7 nitrogen and oxygen atoms in total. The molecule has 0 aliphatic carbocycles. The van der Waals surface area contributed by atoms with Crippen LogP contribution in [0.1, 0.15) is 19.9 Å². The highest BCUT2D eigenvalue weighted by Gasteiger charge is 2.10. The predicted molar refractivity (Wildman–Crippen MR) is 79.0 cm³/mol. The van der Waals surface area contributed by atoms with Crippen LogP contribution in [0.4, 0.5) is 5.69 Å². The molecule has 0 fully saturated rings. The van der Waals surface area contributed by atoms with Gasteiger partial charge < -0.3 is 10.3 Å². The minimum atomic E-state index is -3.33. The summed E-state index contributed by atoms with van der Waals surface area (Å²) in [6.45, 7) is 4.47. The summed E-state index contributed by atoms with van der Waals surface area (Å²) in [5.74, 6) is 0.0469. The molecule has 0 unspecified atom stereocenters. The van der Waals surface area contributed by atoms with Gasteiger partial charge in [-0.25, -0.2) is 8.42 Å². The number of nitrogens with one attached hydrogen (secondary N) is 2. The average Bonchev–Trinajstić information content (AvgIpc) is 2.73. The van der Waals surface area contributed by atoms with E-state index >= 15 is 0 Å². The molecule has 19 heavy (non-hydrogen) atoms. The molecule has 1 rings (SSSR count). The van der Waals surface area contributed by atoms with Gasteiger partial charge in [-0.05, 0) is 27.9 Å². The first kappa shape index (κ1) is 18.2. The van der Waals surface area contributed by atoms with Crippen molar-refractivity contribution in [3.8, 4) is 0 Å². The Morgan fingerprint density at radius 2 is 2.05 bits per heavy atom. The van der Waals surface area contributed by atoms with Gasteiger partial charge in [0, 0.05) is 18.8 Å². The van der Waals surface area contributed by atoms with Crippen LogP contribution in [0.25, 0.3) is 0 Å². The van der Waals surface area contributed by atoms with Crippen molar-refractivity contribution in [3.63, 3.8) is 0 Å². The zero-order chi connectivity index (χ0) is 13.8. The van der Waals surface area contributed by atoms with Gasteiger partial charge in [0.2, 0.25) is 10.0 Å². The highest BCUT2D eigenvalue weighted by atomic mass is 35.5. The Kier molecular flexibility index (Phi) is 7.35. The molecule has 1 heterocycles. The third-order valence-electron chi connectivity index (χ3n) is 2.29. The van der Waals surface area contributed by atoms with Gasteiger partial charge in [0.25, 0.3) is 0 Å². The Balaban J connectivity index is 0.00000324. The number of nitrogens with zero attached hydrogens (tertiary/aromatic N) is 3. The van der Waals surface area contributed by atoms with Crippen LogP contribution in [-0.4, -0.2) is 49.5 Å². The first-order valence-corrected chi connectivity index (χ1v) is 7.40. The molecule has 9 heteroatoms. The highest BCUT2D eigenvalue weighted by Crippen LogP contribution is 2.08. The van der Waals surface area contributed by atoms with Crippen molar-refractivity contribution in [1.82, 2.24) is 19.5 Å². The molecule has 112 valence electrons. The topological polar surface area (TPSA) is 79.3 Å². The van der Waals surface area contributed by atoms with Crippen LogP contribution in [0.5, 0.6) is 0 Å². The minimum absolute atomic E-state index is 0. The second kappa shape index (κ2) is 7.68. The Morgan fingerprint density at radius 1 is 1.42 bits per heavy atom. The molecule has 1 aromatic heterocycles. The van der Waals surface area contributed by atoms with E-state index in [2.05, 4.69) is 15.4 Å². The van der Waals surface area contributed by atoms with Crippen LogP contribution in [0.3, 0.4) is 0 Å². The maximum absolute atomic E-state index is 11.6. The molecule has 0 aromatic carbocycles. The van der Waals surface area contributed by atoms with Crippen molar-refractivity contribution >= 4 is 28.1 Å². The summed E-state index contributed by atoms with van der Waals surface area (Å²) in [5.41, 5.74) is 3.27. The van der Waals surface area contributed by atoms with Crippen LogP contribution >= 0.6 is 12.4 Å². The van der Waals surface area contributed by atoms with Crippen molar-refractivity contribution in [2.24, 2.45) is 0 Å². The van der Waals surface area contributed by atoms with Gasteiger partial charge >= 0.3 is 0 Å². The fraction of sp³-hybridized carbons (Fsp3) is 0.700. The molecule has 0 aliphatic rings. The van der Waals surface area contributed by atoms with E-state index in [0.29, 0.717) is 12.2 Å².